The summed E-state index contributed by atoms with van der Waals surface area (Å²) in [6.45, 7) is 3.19. The van der Waals surface area contributed by atoms with Crippen molar-refractivity contribution in [3.8, 4) is 0 Å². The van der Waals surface area contributed by atoms with E-state index in [1.807, 2.05) is 37.1 Å². The van der Waals surface area contributed by atoms with Crippen LogP contribution in [0.4, 0.5) is 4.79 Å². The third-order valence-electron chi connectivity index (χ3n) is 6.55. The summed E-state index contributed by atoms with van der Waals surface area (Å²) in [6.07, 6.45) is 3.49. The maximum Gasteiger partial charge on any atom is 0.407 e. The van der Waals surface area contributed by atoms with Crippen molar-refractivity contribution in [2.24, 2.45) is 13.0 Å². The lowest BCUT2D eigenvalue weighted by molar-refractivity contribution is -0.0555. The molecule has 7 nitrogen and oxygen atoms in total. The monoisotopic (exact) mass is 414 g/mol. The molecule has 1 atom stereocenters. The van der Waals surface area contributed by atoms with E-state index in [0.29, 0.717) is 30.5 Å². The fourth-order valence-corrected chi connectivity index (χ4v) is 5.36. The summed E-state index contributed by atoms with van der Waals surface area (Å²) < 4.78 is 7.23. The van der Waals surface area contributed by atoms with Gasteiger partial charge in [-0.15, -0.1) is 0 Å². The molecule has 3 aliphatic rings. The normalized spacial score (nSPS) is 27.8. The van der Waals surface area contributed by atoms with Crippen LogP contribution in [0.25, 0.3) is 0 Å². The van der Waals surface area contributed by atoms with E-state index in [4.69, 9.17) is 16.3 Å². The van der Waals surface area contributed by atoms with Gasteiger partial charge < -0.3 is 15.0 Å². The number of ether oxygens (including phenoxy) is 1. The molecule has 1 aromatic carbocycles. The third-order valence-corrected chi connectivity index (χ3v) is 6.87. The average Bonchev–Trinajstić information content (AvgIpc) is 3.27. The number of hydrogen-bond acceptors (Lipinski definition) is 4. The molecule has 5 rings (SSSR count). The zero-order valence-electron chi connectivity index (χ0n) is 16.4. The van der Waals surface area contributed by atoms with Gasteiger partial charge in [0.1, 0.15) is 5.60 Å². The first-order valence-electron chi connectivity index (χ1n) is 9.90. The SMILES string of the molecule is Cc1cccc2c1C(=O)N(CC1CC3(CNC(=O)O3)C1)C2Cc1c(Cl)cnn1C. The van der Waals surface area contributed by atoms with Crippen molar-refractivity contribution in [1.82, 2.24) is 20.0 Å². The van der Waals surface area contributed by atoms with Crippen LogP contribution in [0.5, 0.6) is 0 Å². The Kier molecular flexibility index (Phi) is 4.13. The van der Waals surface area contributed by atoms with Crippen molar-refractivity contribution in [2.75, 3.05) is 13.1 Å². The number of halogens is 1. The Balaban J connectivity index is 1.41. The molecule has 0 bridgehead atoms. The van der Waals surface area contributed by atoms with Crippen molar-refractivity contribution in [1.29, 1.82) is 0 Å². The summed E-state index contributed by atoms with van der Waals surface area (Å²) in [5, 5.41) is 7.61. The molecule has 2 aromatic rings. The molecule has 1 N–H and O–H groups in total. The number of carbonyl (C=O) groups is 2. The number of nitrogens with zero attached hydrogens (tertiary/aromatic N) is 3. The van der Waals surface area contributed by atoms with Gasteiger partial charge in [0, 0.05) is 25.6 Å². The van der Waals surface area contributed by atoms with Gasteiger partial charge in [-0.25, -0.2) is 4.79 Å². The van der Waals surface area contributed by atoms with E-state index in [9.17, 15) is 9.59 Å². The Morgan fingerprint density at radius 3 is 2.79 bits per heavy atom. The first-order chi connectivity index (χ1) is 13.9. The number of benzene rings is 1. The average molecular weight is 415 g/mol. The summed E-state index contributed by atoms with van der Waals surface area (Å²) in [4.78, 5) is 26.7. The van der Waals surface area contributed by atoms with Crippen molar-refractivity contribution < 1.29 is 14.3 Å². The molecule has 2 aliphatic heterocycles. The number of amides is 2. The Hall–Kier alpha value is -2.54. The van der Waals surface area contributed by atoms with E-state index in [0.717, 1.165) is 35.2 Å². The summed E-state index contributed by atoms with van der Waals surface area (Å²) in [7, 11) is 1.87. The fourth-order valence-electron chi connectivity index (χ4n) is 5.12. The van der Waals surface area contributed by atoms with Crippen LogP contribution in [0.1, 0.15) is 46.1 Å². The van der Waals surface area contributed by atoms with E-state index in [1.54, 1.807) is 10.9 Å². The highest BCUT2D eigenvalue weighted by atomic mass is 35.5. The Morgan fingerprint density at radius 1 is 1.34 bits per heavy atom. The van der Waals surface area contributed by atoms with Crippen molar-refractivity contribution >= 4 is 23.6 Å². The third kappa shape index (κ3) is 2.90. The number of hydrogen-bond donors (Lipinski definition) is 1. The second kappa shape index (κ2) is 6.49. The fraction of sp³-hybridized carbons (Fsp3) is 0.476. The van der Waals surface area contributed by atoms with E-state index in [1.165, 1.54) is 0 Å². The van der Waals surface area contributed by atoms with Gasteiger partial charge in [0.05, 0.1) is 29.5 Å². The van der Waals surface area contributed by atoms with Crippen molar-refractivity contribution in [3.05, 3.63) is 51.8 Å². The molecule has 8 heteroatoms. The molecular weight excluding hydrogens is 392 g/mol. The highest BCUT2D eigenvalue weighted by Gasteiger charge is 2.52. The van der Waals surface area contributed by atoms with E-state index >= 15 is 0 Å². The van der Waals surface area contributed by atoms with Crippen LogP contribution in [-0.2, 0) is 18.2 Å². The van der Waals surface area contributed by atoms with E-state index in [2.05, 4.69) is 10.4 Å². The zero-order chi connectivity index (χ0) is 20.3. The van der Waals surface area contributed by atoms with Gasteiger partial charge in [-0.05, 0) is 36.8 Å². The molecule has 29 heavy (non-hydrogen) atoms. The van der Waals surface area contributed by atoms with Crippen LogP contribution in [-0.4, -0.2) is 45.4 Å². The zero-order valence-corrected chi connectivity index (χ0v) is 17.2. The highest BCUT2D eigenvalue weighted by molar-refractivity contribution is 6.31. The molecule has 2 fully saturated rings. The van der Waals surface area contributed by atoms with Crippen LogP contribution >= 0.6 is 11.6 Å². The quantitative estimate of drug-likeness (QED) is 0.834. The molecule has 1 spiro atoms. The maximum absolute atomic E-state index is 13.3. The summed E-state index contributed by atoms with van der Waals surface area (Å²) in [5.74, 6) is 0.384. The Morgan fingerprint density at radius 2 is 2.14 bits per heavy atom. The summed E-state index contributed by atoms with van der Waals surface area (Å²) >= 11 is 6.36. The van der Waals surface area contributed by atoms with E-state index in [-0.39, 0.29) is 23.6 Å². The largest absolute Gasteiger partial charge is 0.441 e. The molecular formula is C21H23ClN4O3. The second-order valence-electron chi connectivity index (χ2n) is 8.48. The molecule has 1 unspecified atom stereocenters. The minimum Gasteiger partial charge on any atom is -0.441 e. The van der Waals surface area contributed by atoms with Gasteiger partial charge in [0.25, 0.3) is 5.91 Å². The van der Waals surface area contributed by atoms with Crippen LogP contribution in [0.2, 0.25) is 5.02 Å². The number of fused-ring (bicyclic) bond motifs is 1. The van der Waals surface area contributed by atoms with Crippen LogP contribution < -0.4 is 5.32 Å². The molecule has 3 heterocycles. The second-order valence-corrected chi connectivity index (χ2v) is 8.89. The van der Waals surface area contributed by atoms with Gasteiger partial charge in [0.2, 0.25) is 0 Å². The Bertz CT molecular complexity index is 992. The summed E-state index contributed by atoms with van der Waals surface area (Å²) in [5.41, 5.74) is 3.39. The van der Waals surface area contributed by atoms with Gasteiger partial charge >= 0.3 is 6.09 Å². The Labute approximate surface area is 174 Å². The lowest BCUT2D eigenvalue weighted by atomic mass is 9.70. The lowest BCUT2D eigenvalue weighted by Crippen LogP contribution is -2.51. The predicted octanol–water partition coefficient (Wildman–Crippen LogP) is 3.01. The minimum atomic E-state index is -0.381. The number of aromatic nitrogens is 2. The van der Waals surface area contributed by atoms with Gasteiger partial charge in [0.15, 0.2) is 0 Å². The number of carbonyl (C=O) groups excluding carboxylic acids is 2. The topological polar surface area (TPSA) is 76.5 Å². The smallest absolute Gasteiger partial charge is 0.407 e. The molecule has 152 valence electrons. The van der Waals surface area contributed by atoms with Gasteiger partial charge in [-0.2, -0.15) is 5.10 Å². The number of nitrogens with one attached hydrogen (secondary N) is 1. The van der Waals surface area contributed by atoms with E-state index < -0.39 is 0 Å². The molecule has 0 radical (unpaired) electrons. The molecule has 1 saturated carbocycles. The van der Waals surface area contributed by atoms with Crippen LogP contribution in [0.15, 0.2) is 24.4 Å². The number of aryl methyl sites for hydroxylation is 2. The molecule has 1 aliphatic carbocycles. The van der Waals surface area contributed by atoms with Gasteiger partial charge in [-0.1, -0.05) is 29.8 Å². The van der Waals surface area contributed by atoms with Crippen LogP contribution in [0.3, 0.4) is 0 Å². The maximum atomic E-state index is 13.3. The van der Waals surface area contributed by atoms with Gasteiger partial charge in [-0.3, -0.25) is 9.48 Å². The molecule has 1 aromatic heterocycles. The summed E-state index contributed by atoms with van der Waals surface area (Å²) in [6, 6.07) is 5.95. The van der Waals surface area contributed by atoms with Crippen LogP contribution in [0, 0.1) is 12.8 Å². The first kappa shape index (κ1) is 18.5. The lowest BCUT2D eigenvalue weighted by Gasteiger charge is -2.44. The highest BCUT2D eigenvalue weighted by Crippen LogP contribution is 2.46. The number of rotatable bonds is 4. The molecule has 1 saturated heterocycles. The standard InChI is InChI=1S/C21H23ClN4O3/c1-12-4-3-5-14-16(6-17-15(22)9-24-25(17)2)26(19(27)18(12)14)10-13-7-21(8-13)11-23-20(28)29-21/h3-5,9,13,16H,6-8,10-11H2,1-2H3,(H,23,28). The van der Waals surface area contributed by atoms with Crippen molar-refractivity contribution in [2.45, 2.75) is 37.8 Å². The minimum absolute atomic E-state index is 0.0730. The first-order valence-corrected chi connectivity index (χ1v) is 10.3. The molecule has 2 amide bonds. The number of alkyl carbamates (subject to hydrolysis) is 1. The predicted molar refractivity (Wildman–Crippen MR) is 107 cm³/mol. The van der Waals surface area contributed by atoms with Crippen molar-refractivity contribution in [3.63, 3.8) is 0 Å².